The third-order valence-corrected chi connectivity index (χ3v) is 2.99. The zero-order valence-corrected chi connectivity index (χ0v) is 7.83. The van der Waals surface area contributed by atoms with Gasteiger partial charge in [0.2, 0.25) is 0 Å². The van der Waals surface area contributed by atoms with Crippen LogP contribution in [0.3, 0.4) is 0 Å². The maximum Gasteiger partial charge on any atom is 0.144 e. The maximum absolute atomic E-state index is 13.3. The van der Waals surface area contributed by atoms with E-state index in [1.807, 2.05) is 32.0 Å². The van der Waals surface area contributed by atoms with Crippen LogP contribution in [-0.4, -0.2) is 0 Å². The van der Waals surface area contributed by atoms with Crippen molar-refractivity contribution in [3.63, 3.8) is 0 Å². The van der Waals surface area contributed by atoms with Crippen LogP contribution >= 0.6 is 11.3 Å². The lowest BCUT2D eigenvalue weighted by Crippen LogP contribution is -1.72. The highest BCUT2D eigenvalue weighted by atomic mass is 32.1. The van der Waals surface area contributed by atoms with Gasteiger partial charge in [-0.1, -0.05) is 12.1 Å². The third kappa shape index (κ3) is 1.03. The first kappa shape index (κ1) is 7.74. The molecule has 12 heavy (non-hydrogen) atoms. The summed E-state index contributed by atoms with van der Waals surface area (Å²) in [4.78, 5) is 0.774. The van der Waals surface area contributed by atoms with Crippen LogP contribution < -0.4 is 0 Å². The van der Waals surface area contributed by atoms with Crippen LogP contribution in [0.15, 0.2) is 18.2 Å². The number of hydrogen-bond acceptors (Lipinski definition) is 1. The second-order valence-electron chi connectivity index (χ2n) is 2.97. The molecular formula is C10H9FS. The molecule has 2 rings (SSSR count). The highest BCUT2D eigenvalue weighted by molar-refractivity contribution is 7.19. The Hall–Kier alpha value is -0.890. The normalized spacial score (nSPS) is 10.9. The molecule has 0 aliphatic carbocycles. The summed E-state index contributed by atoms with van der Waals surface area (Å²) in [6.45, 7) is 3.84. The summed E-state index contributed by atoms with van der Waals surface area (Å²) in [6.07, 6.45) is 0. The minimum absolute atomic E-state index is 0.0602. The van der Waals surface area contributed by atoms with Crippen LogP contribution in [0.1, 0.15) is 10.4 Å². The van der Waals surface area contributed by atoms with Gasteiger partial charge in [0.1, 0.15) is 5.82 Å². The molecule has 0 amide bonds. The molecule has 1 aromatic heterocycles. The van der Waals surface area contributed by atoms with Gasteiger partial charge in [-0.25, -0.2) is 4.39 Å². The zero-order valence-electron chi connectivity index (χ0n) is 7.02. The maximum atomic E-state index is 13.3. The molecule has 1 aromatic carbocycles. The van der Waals surface area contributed by atoms with Crippen molar-refractivity contribution in [1.29, 1.82) is 0 Å². The molecule has 0 spiro atoms. The van der Waals surface area contributed by atoms with Gasteiger partial charge in [0.25, 0.3) is 0 Å². The summed E-state index contributed by atoms with van der Waals surface area (Å²) < 4.78 is 14.3. The Balaban J connectivity index is 2.87. The van der Waals surface area contributed by atoms with Crippen molar-refractivity contribution in [2.75, 3.05) is 0 Å². The third-order valence-electron chi connectivity index (χ3n) is 1.95. The van der Waals surface area contributed by atoms with E-state index in [-0.39, 0.29) is 5.82 Å². The predicted molar refractivity (Wildman–Crippen MR) is 51.3 cm³/mol. The smallest absolute Gasteiger partial charge is 0.144 e. The molecule has 0 saturated heterocycles. The molecule has 2 heteroatoms. The first-order valence-corrected chi connectivity index (χ1v) is 4.65. The molecule has 0 saturated carbocycles. The summed E-state index contributed by atoms with van der Waals surface area (Å²) in [7, 11) is 0. The molecule has 0 fully saturated rings. The average molecular weight is 180 g/mol. The van der Waals surface area contributed by atoms with E-state index in [0.29, 0.717) is 0 Å². The topological polar surface area (TPSA) is 0 Å². The van der Waals surface area contributed by atoms with E-state index in [4.69, 9.17) is 0 Å². The number of hydrogen-bond donors (Lipinski definition) is 0. The lowest BCUT2D eigenvalue weighted by molar-refractivity contribution is 0.636. The first-order chi connectivity index (χ1) is 5.68. The zero-order chi connectivity index (χ0) is 8.72. The number of halogens is 1. The van der Waals surface area contributed by atoms with Crippen LogP contribution in [0.25, 0.3) is 10.1 Å². The van der Waals surface area contributed by atoms with E-state index in [2.05, 4.69) is 0 Å². The van der Waals surface area contributed by atoms with Gasteiger partial charge in [0.15, 0.2) is 0 Å². The number of fused-ring (bicyclic) bond motifs is 1. The fourth-order valence-electron chi connectivity index (χ4n) is 1.29. The quantitative estimate of drug-likeness (QED) is 0.580. The van der Waals surface area contributed by atoms with Crippen LogP contribution in [-0.2, 0) is 0 Å². The SMILES string of the molecule is Cc1ccc2c(F)c(C)sc2c1. The van der Waals surface area contributed by atoms with Crippen molar-refractivity contribution in [3.8, 4) is 0 Å². The highest BCUT2D eigenvalue weighted by Gasteiger charge is 2.06. The Bertz CT molecular complexity index is 429. The largest absolute Gasteiger partial charge is 0.205 e. The van der Waals surface area contributed by atoms with E-state index < -0.39 is 0 Å². The number of rotatable bonds is 0. The molecule has 2 aromatic rings. The molecule has 0 bridgehead atoms. The summed E-state index contributed by atoms with van der Waals surface area (Å²) in [5.41, 5.74) is 1.18. The summed E-state index contributed by atoms with van der Waals surface area (Å²) in [5, 5.41) is 0.753. The van der Waals surface area contributed by atoms with E-state index in [9.17, 15) is 4.39 Å². The van der Waals surface area contributed by atoms with Crippen molar-refractivity contribution in [2.45, 2.75) is 13.8 Å². The van der Waals surface area contributed by atoms with Gasteiger partial charge in [0, 0.05) is 15.0 Å². The van der Waals surface area contributed by atoms with Gasteiger partial charge >= 0.3 is 0 Å². The van der Waals surface area contributed by atoms with Crippen molar-refractivity contribution in [1.82, 2.24) is 0 Å². The van der Waals surface area contributed by atoms with Gasteiger partial charge < -0.3 is 0 Å². The fourth-order valence-corrected chi connectivity index (χ4v) is 2.34. The lowest BCUT2D eigenvalue weighted by Gasteiger charge is -1.91. The lowest BCUT2D eigenvalue weighted by atomic mass is 10.2. The highest BCUT2D eigenvalue weighted by Crippen LogP contribution is 2.29. The Kier molecular flexibility index (Phi) is 1.65. The van der Waals surface area contributed by atoms with Crippen LogP contribution in [0.5, 0.6) is 0 Å². The Morgan fingerprint density at radius 2 is 2.00 bits per heavy atom. The standard InChI is InChI=1S/C10H9FS/c1-6-3-4-8-9(5-6)12-7(2)10(8)11/h3-5H,1-2H3. The minimum Gasteiger partial charge on any atom is -0.205 e. The van der Waals surface area contributed by atoms with Crippen molar-refractivity contribution < 1.29 is 4.39 Å². The number of aryl methyl sites for hydroxylation is 2. The summed E-state index contributed by atoms with van der Waals surface area (Å²) in [5.74, 6) is -0.0602. The molecule has 0 unspecified atom stereocenters. The molecule has 0 radical (unpaired) electrons. The van der Waals surface area contributed by atoms with E-state index >= 15 is 0 Å². The number of thiophene rings is 1. The second kappa shape index (κ2) is 2.56. The van der Waals surface area contributed by atoms with Crippen molar-refractivity contribution in [2.24, 2.45) is 0 Å². The monoisotopic (exact) mass is 180 g/mol. The van der Waals surface area contributed by atoms with Crippen LogP contribution in [0, 0.1) is 19.7 Å². The average Bonchev–Trinajstić information content (AvgIpc) is 2.28. The van der Waals surface area contributed by atoms with Gasteiger partial charge in [-0.2, -0.15) is 0 Å². The second-order valence-corrected chi connectivity index (χ2v) is 4.23. The number of benzene rings is 1. The van der Waals surface area contributed by atoms with Gasteiger partial charge in [0.05, 0.1) is 0 Å². The predicted octanol–water partition coefficient (Wildman–Crippen LogP) is 3.66. The van der Waals surface area contributed by atoms with E-state index in [0.717, 1.165) is 15.0 Å². The van der Waals surface area contributed by atoms with Gasteiger partial charge in [-0.05, 0) is 25.5 Å². The van der Waals surface area contributed by atoms with E-state index in [1.165, 1.54) is 16.9 Å². The van der Waals surface area contributed by atoms with Gasteiger partial charge in [-0.3, -0.25) is 0 Å². The van der Waals surface area contributed by atoms with E-state index in [1.54, 1.807) is 0 Å². The summed E-state index contributed by atoms with van der Waals surface area (Å²) >= 11 is 1.52. The Morgan fingerprint density at radius 3 is 2.75 bits per heavy atom. The summed E-state index contributed by atoms with van der Waals surface area (Å²) in [6, 6.07) is 5.82. The van der Waals surface area contributed by atoms with Crippen molar-refractivity contribution in [3.05, 3.63) is 34.5 Å². The van der Waals surface area contributed by atoms with Crippen LogP contribution in [0.2, 0.25) is 0 Å². The Morgan fingerprint density at radius 1 is 1.25 bits per heavy atom. The van der Waals surface area contributed by atoms with Crippen LogP contribution in [0.4, 0.5) is 4.39 Å². The molecular weight excluding hydrogens is 171 g/mol. The molecule has 0 nitrogen and oxygen atoms in total. The first-order valence-electron chi connectivity index (χ1n) is 3.84. The molecule has 62 valence electrons. The minimum atomic E-state index is -0.0602. The fraction of sp³-hybridized carbons (Fsp3) is 0.200. The molecule has 0 atom stereocenters. The van der Waals surface area contributed by atoms with Crippen molar-refractivity contribution >= 4 is 21.4 Å². The van der Waals surface area contributed by atoms with Gasteiger partial charge in [-0.15, -0.1) is 11.3 Å². The Labute approximate surface area is 74.6 Å². The molecule has 0 N–H and O–H groups in total. The molecule has 0 aliphatic heterocycles. The molecule has 1 heterocycles. The molecule has 0 aliphatic rings.